The number of piperidine rings is 2. The van der Waals surface area contributed by atoms with E-state index in [1.54, 1.807) is 0 Å². The predicted octanol–water partition coefficient (Wildman–Crippen LogP) is 5.63. The van der Waals surface area contributed by atoms with Gasteiger partial charge in [0, 0.05) is 31.5 Å². The van der Waals surface area contributed by atoms with Crippen LogP contribution >= 0.6 is 0 Å². The highest BCUT2D eigenvalue weighted by Crippen LogP contribution is 2.31. The van der Waals surface area contributed by atoms with Crippen LogP contribution in [0.1, 0.15) is 108 Å². The van der Waals surface area contributed by atoms with Crippen molar-refractivity contribution in [1.82, 2.24) is 15.1 Å². The first-order valence-corrected chi connectivity index (χ1v) is 14.6. The third-order valence-electron chi connectivity index (χ3n) is 8.66. The van der Waals surface area contributed by atoms with Gasteiger partial charge in [0.2, 0.25) is 11.8 Å². The molecule has 1 atom stereocenters. The summed E-state index contributed by atoms with van der Waals surface area (Å²) in [7, 11) is 0. The molecule has 0 saturated carbocycles. The van der Waals surface area contributed by atoms with E-state index in [9.17, 15) is 9.59 Å². The number of nitrogens with zero attached hydrogens (tertiary/aromatic N) is 2. The lowest BCUT2D eigenvalue weighted by Crippen LogP contribution is -2.50. The van der Waals surface area contributed by atoms with Gasteiger partial charge in [-0.25, -0.2) is 0 Å². The number of hydrogen-bond acceptors (Lipinski definition) is 3. The van der Waals surface area contributed by atoms with Crippen LogP contribution in [0.3, 0.4) is 0 Å². The maximum absolute atomic E-state index is 13.1. The molecule has 2 saturated heterocycles. The third-order valence-corrected chi connectivity index (χ3v) is 8.66. The quantitative estimate of drug-likeness (QED) is 0.441. The van der Waals surface area contributed by atoms with Gasteiger partial charge in [0.25, 0.3) is 0 Å². The van der Waals surface area contributed by atoms with Gasteiger partial charge >= 0.3 is 0 Å². The summed E-state index contributed by atoms with van der Waals surface area (Å²) in [5.74, 6) is 0.749. The summed E-state index contributed by atoms with van der Waals surface area (Å²) in [4.78, 5) is 30.4. The topological polar surface area (TPSA) is 52.7 Å². The molecule has 194 valence electrons. The molecule has 1 N–H and O–H groups in total. The lowest BCUT2D eigenvalue weighted by molar-refractivity contribution is -0.133. The molecule has 5 nitrogen and oxygen atoms in total. The van der Waals surface area contributed by atoms with Gasteiger partial charge in [-0.1, -0.05) is 63.3 Å². The van der Waals surface area contributed by atoms with Crippen molar-refractivity contribution in [3.05, 3.63) is 35.4 Å². The van der Waals surface area contributed by atoms with E-state index in [4.69, 9.17) is 0 Å². The van der Waals surface area contributed by atoms with Crippen LogP contribution < -0.4 is 5.32 Å². The molecule has 0 spiro atoms. The monoisotopic (exact) mass is 481 g/mol. The van der Waals surface area contributed by atoms with Gasteiger partial charge in [-0.05, 0) is 75.6 Å². The number of aryl methyl sites for hydroxylation is 1. The molecule has 2 fully saturated rings. The van der Waals surface area contributed by atoms with Crippen LogP contribution in [0.4, 0.5) is 0 Å². The Labute approximate surface area is 213 Å². The molecule has 1 aliphatic carbocycles. The fourth-order valence-electron chi connectivity index (χ4n) is 6.42. The normalized spacial score (nSPS) is 22.1. The highest BCUT2D eigenvalue weighted by molar-refractivity contribution is 5.79. The van der Waals surface area contributed by atoms with E-state index in [0.29, 0.717) is 11.9 Å². The molecule has 2 aliphatic heterocycles. The predicted molar refractivity (Wildman–Crippen MR) is 142 cm³/mol. The molecule has 35 heavy (non-hydrogen) atoms. The molecule has 0 radical (unpaired) electrons. The maximum atomic E-state index is 13.1. The Morgan fingerprint density at radius 1 is 0.886 bits per heavy atom. The summed E-state index contributed by atoms with van der Waals surface area (Å²) in [6.07, 6.45) is 15.5. The van der Waals surface area contributed by atoms with E-state index in [-0.39, 0.29) is 17.9 Å². The van der Waals surface area contributed by atoms with Crippen LogP contribution in [0.2, 0.25) is 0 Å². The van der Waals surface area contributed by atoms with Crippen LogP contribution in [0.5, 0.6) is 0 Å². The van der Waals surface area contributed by atoms with Crippen molar-refractivity contribution in [2.45, 2.75) is 109 Å². The van der Waals surface area contributed by atoms with Gasteiger partial charge in [0.15, 0.2) is 0 Å². The third kappa shape index (κ3) is 7.31. The summed E-state index contributed by atoms with van der Waals surface area (Å²) < 4.78 is 0. The van der Waals surface area contributed by atoms with Crippen molar-refractivity contribution in [3.8, 4) is 0 Å². The molecule has 2 amide bonds. The number of likely N-dealkylation sites (tertiary alicyclic amines) is 2. The largest absolute Gasteiger partial charge is 0.349 e. The highest BCUT2D eigenvalue weighted by atomic mass is 16.2. The standard InChI is InChI=1S/C30H47N3O2/c1-2-3-4-5-6-7-15-29(34)33-22-18-26(19-23-33)32-20-16-25(17-21-32)30(35)31-28-14-10-12-24-11-8-9-13-27(24)28/h8-9,11,13,25-26,28H,2-7,10,12,14-23H2,1H3,(H,31,35)/t28-/m0/s1. The zero-order chi connectivity index (χ0) is 24.5. The van der Waals surface area contributed by atoms with Gasteiger partial charge in [-0.15, -0.1) is 0 Å². The molecule has 0 aromatic heterocycles. The molecule has 2 heterocycles. The Morgan fingerprint density at radius 3 is 2.37 bits per heavy atom. The van der Waals surface area contributed by atoms with Gasteiger partial charge in [-0.3, -0.25) is 9.59 Å². The zero-order valence-corrected chi connectivity index (χ0v) is 22.0. The number of carbonyl (C=O) groups is 2. The molecule has 3 aliphatic rings. The summed E-state index contributed by atoms with van der Waals surface area (Å²) in [5, 5.41) is 3.39. The summed E-state index contributed by atoms with van der Waals surface area (Å²) in [6.45, 7) is 6.07. The van der Waals surface area contributed by atoms with Crippen LogP contribution in [0.25, 0.3) is 0 Å². The van der Waals surface area contributed by atoms with Crippen molar-refractivity contribution in [1.29, 1.82) is 0 Å². The minimum absolute atomic E-state index is 0.138. The van der Waals surface area contributed by atoms with Gasteiger partial charge < -0.3 is 15.1 Å². The number of nitrogens with one attached hydrogen (secondary N) is 1. The van der Waals surface area contributed by atoms with E-state index < -0.39 is 0 Å². The number of hydrogen-bond donors (Lipinski definition) is 1. The fourth-order valence-corrected chi connectivity index (χ4v) is 6.42. The Hall–Kier alpha value is -1.88. The van der Waals surface area contributed by atoms with Crippen molar-refractivity contribution in [3.63, 3.8) is 0 Å². The minimum Gasteiger partial charge on any atom is -0.349 e. The number of amides is 2. The minimum atomic E-state index is 0.138. The second kappa shape index (κ2) is 13.4. The second-order valence-electron chi connectivity index (χ2n) is 11.1. The van der Waals surface area contributed by atoms with E-state index in [1.165, 1.54) is 43.2 Å². The van der Waals surface area contributed by atoms with Crippen molar-refractivity contribution >= 4 is 11.8 Å². The maximum Gasteiger partial charge on any atom is 0.223 e. The van der Waals surface area contributed by atoms with E-state index in [2.05, 4.69) is 46.3 Å². The molecular formula is C30H47N3O2. The van der Waals surface area contributed by atoms with Crippen LogP contribution in [-0.2, 0) is 16.0 Å². The summed E-state index contributed by atoms with van der Waals surface area (Å²) in [5.41, 5.74) is 2.72. The second-order valence-corrected chi connectivity index (χ2v) is 11.1. The molecule has 1 aromatic carbocycles. The van der Waals surface area contributed by atoms with E-state index in [1.807, 2.05) is 0 Å². The first-order valence-electron chi connectivity index (χ1n) is 14.6. The first-order chi connectivity index (χ1) is 17.2. The molecule has 4 rings (SSSR count). The van der Waals surface area contributed by atoms with Crippen molar-refractivity contribution in [2.24, 2.45) is 5.92 Å². The number of carbonyl (C=O) groups excluding carboxylic acids is 2. The van der Waals surface area contributed by atoms with Crippen LogP contribution in [-0.4, -0.2) is 53.8 Å². The van der Waals surface area contributed by atoms with E-state index >= 15 is 0 Å². The van der Waals surface area contributed by atoms with Gasteiger partial charge in [0.05, 0.1) is 6.04 Å². The SMILES string of the molecule is CCCCCCCCC(=O)N1CCC(N2CCC(C(=O)N[C@H]3CCCc4ccccc43)CC2)CC1. The number of fused-ring (bicyclic) bond motifs is 1. The smallest absolute Gasteiger partial charge is 0.223 e. The number of unbranched alkanes of at least 4 members (excludes halogenated alkanes) is 5. The Morgan fingerprint density at radius 2 is 1.60 bits per heavy atom. The van der Waals surface area contributed by atoms with Gasteiger partial charge in [0.1, 0.15) is 0 Å². The van der Waals surface area contributed by atoms with Crippen LogP contribution in [0.15, 0.2) is 24.3 Å². The first kappa shape index (κ1) is 26.2. The lowest BCUT2D eigenvalue weighted by atomic mass is 9.86. The van der Waals surface area contributed by atoms with Crippen LogP contribution in [0, 0.1) is 5.92 Å². The fraction of sp³-hybridized carbons (Fsp3) is 0.733. The summed E-state index contributed by atoms with van der Waals surface area (Å²) in [6, 6.07) is 9.35. The average Bonchev–Trinajstić information content (AvgIpc) is 2.91. The number of rotatable bonds is 10. The Bertz CT molecular complexity index is 810. The molecular weight excluding hydrogens is 434 g/mol. The molecule has 0 bridgehead atoms. The zero-order valence-electron chi connectivity index (χ0n) is 22.0. The van der Waals surface area contributed by atoms with Crippen molar-refractivity contribution < 1.29 is 9.59 Å². The van der Waals surface area contributed by atoms with E-state index in [0.717, 1.165) is 84.0 Å². The Balaban J connectivity index is 1.14. The molecule has 0 unspecified atom stereocenters. The Kier molecular flexibility index (Phi) is 10.1. The van der Waals surface area contributed by atoms with Gasteiger partial charge in [-0.2, -0.15) is 0 Å². The number of benzene rings is 1. The molecule has 5 heteroatoms. The summed E-state index contributed by atoms with van der Waals surface area (Å²) >= 11 is 0. The lowest BCUT2D eigenvalue weighted by Gasteiger charge is -2.41. The average molecular weight is 482 g/mol. The molecule has 1 aromatic rings. The highest BCUT2D eigenvalue weighted by Gasteiger charge is 2.32. The van der Waals surface area contributed by atoms with Crippen molar-refractivity contribution in [2.75, 3.05) is 26.2 Å².